The molecular weight excluding hydrogens is 231 g/mol. The molecule has 0 radical (unpaired) electrons. The fraction of sp³-hybridized carbons (Fsp3) is 0.214. The van der Waals surface area contributed by atoms with E-state index in [1.807, 2.05) is 13.0 Å². The molecule has 0 saturated heterocycles. The molecule has 0 bridgehead atoms. The summed E-state index contributed by atoms with van der Waals surface area (Å²) in [6, 6.07) is 8.09. The van der Waals surface area contributed by atoms with Crippen molar-refractivity contribution in [3.05, 3.63) is 41.8 Å². The third-order valence-electron chi connectivity index (χ3n) is 2.78. The van der Waals surface area contributed by atoms with E-state index in [0.29, 0.717) is 11.6 Å². The molecule has 94 valence electrons. The third kappa shape index (κ3) is 2.27. The summed E-state index contributed by atoms with van der Waals surface area (Å²) in [5, 5.41) is 0. The summed E-state index contributed by atoms with van der Waals surface area (Å²) in [6.07, 6.45) is 0.751. The molecule has 4 heteroatoms. The zero-order chi connectivity index (χ0) is 13.1. The molecule has 0 atom stereocenters. The first-order valence-corrected chi connectivity index (χ1v) is 5.75. The van der Waals surface area contributed by atoms with Crippen LogP contribution in [0.2, 0.25) is 0 Å². The van der Waals surface area contributed by atoms with E-state index in [1.165, 1.54) is 19.2 Å². The summed E-state index contributed by atoms with van der Waals surface area (Å²) < 4.78 is 18.4. The zero-order valence-corrected chi connectivity index (χ0v) is 10.4. The van der Waals surface area contributed by atoms with Crippen molar-refractivity contribution in [2.45, 2.75) is 13.3 Å². The Hall–Kier alpha value is -2.10. The van der Waals surface area contributed by atoms with Crippen LogP contribution < -0.4 is 10.5 Å². The number of nitrogen functional groups attached to an aromatic ring is 1. The molecule has 0 spiro atoms. The van der Waals surface area contributed by atoms with Gasteiger partial charge in [-0.2, -0.15) is 0 Å². The Balaban J connectivity index is 2.61. The van der Waals surface area contributed by atoms with E-state index in [-0.39, 0.29) is 5.82 Å². The number of aryl methyl sites for hydroxylation is 1. The van der Waals surface area contributed by atoms with Gasteiger partial charge in [0.25, 0.3) is 0 Å². The van der Waals surface area contributed by atoms with E-state index in [2.05, 4.69) is 4.98 Å². The van der Waals surface area contributed by atoms with Crippen molar-refractivity contribution in [3.63, 3.8) is 0 Å². The number of anilines is 1. The Morgan fingerprint density at radius 3 is 2.61 bits per heavy atom. The van der Waals surface area contributed by atoms with Gasteiger partial charge in [0.2, 0.25) is 0 Å². The van der Waals surface area contributed by atoms with Crippen LogP contribution in [0.4, 0.5) is 10.2 Å². The Labute approximate surface area is 105 Å². The first-order valence-electron chi connectivity index (χ1n) is 5.75. The molecule has 1 aromatic carbocycles. The average molecular weight is 246 g/mol. The highest BCUT2D eigenvalue weighted by atomic mass is 19.1. The van der Waals surface area contributed by atoms with E-state index in [1.54, 1.807) is 12.1 Å². The molecule has 0 fully saturated rings. The van der Waals surface area contributed by atoms with Gasteiger partial charge in [-0.3, -0.25) is 0 Å². The zero-order valence-electron chi connectivity index (χ0n) is 10.4. The Morgan fingerprint density at radius 1 is 1.22 bits per heavy atom. The number of nitrogens with two attached hydrogens (primary N) is 1. The van der Waals surface area contributed by atoms with Crippen LogP contribution in [0.25, 0.3) is 11.1 Å². The van der Waals surface area contributed by atoms with Gasteiger partial charge in [0.05, 0.1) is 12.8 Å². The molecule has 1 aromatic heterocycles. The molecular formula is C14H15FN2O. The monoisotopic (exact) mass is 246 g/mol. The molecule has 2 rings (SSSR count). The van der Waals surface area contributed by atoms with Crippen molar-refractivity contribution in [3.8, 4) is 16.9 Å². The van der Waals surface area contributed by atoms with Crippen LogP contribution in [0.15, 0.2) is 30.3 Å². The smallest absolute Gasteiger partial charge is 0.129 e. The van der Waals surface area contributed by atoms with Gasteiger partial charge < -0.3 is 10.5 Å². The Morgan fingerprint density at radius 2 is 1.94 bits per heavy atom. The van der Waals surface area contributed by atoms with E-state index >= 15 is 0 Å². The summed E-state index contributed by atoms with van der Waals surface area (Å²) in [6.45, 7) is 2.00. The van der Waals surface area contributed by atoms with Gasteiger partial charge in [-0.1, -0.05) is 6.92 Å². The lowest BCUT2D eigenvalue weighted by Gasteiger charge is -2.12. The lowest BCUT2D eigenvalue weighted by Crippen LogP contribution is -1.99. The standard InChI is InChI=1S/C14H15FN2O/c1-3-12-10(6-7-14(16)17-12)11-5-4-9(15)8-13(11)18-2/h4-8H,3H2,1-2H3,(H2,16,17). The highest BCUT2D eigenvalue weighted by Crippen LogP contribution is 2.32. The van der Waals surface area contributed by atoms with Gasteiger partial charge in [-0.15, -0.1) is 0 Å². The van der Waals surface area contributed by atoms with Crippen LogP contribution in [0.5, 0.6) is 5.75 Å². The lowest BCUT2D eigenvalue weighted by atomic mass is 10.0. The number of rotatable bonds is 3. The van der Waals surface area contributed by atoms with Crippen molar-refractivity contribution in [2.75, 3.05) is 12.8 Å². The summed E-state index contributed by atoms with van der Waals surface area (Å²) in [7, 11) is 1.52. The van der Waals surface area contributed by atoms with Gasteiger partial charge in [0.1, 0.15) is 17.4 Å². The minimum Gasteiger partial charge on any atom is -0.496 e. The van der Waals surface area contributed by atoms with Crippen LogP contribution in [-0.4, -0.2) is 12.1 Å². The number of benzene rings is 1. The van der Waals surface area contributed by atoms with Gasteiger partial charge in [0.15, 0.2) is 0 Å². The fourth-order valence-electron chi connectivity index (χ4n) is 1.92. The van der Waals surface area contributed by atoms with Crippen LogP contribution >= 0.6 is 0 Å². The van der Waals surface area contributed by atoms with E-state index in [0.717, 1.165) is 23.2 Å². The predicted octanol–water partition coefficient (Wildman–Crippen LogP) is 3.04. The van der Waals surface area contributed by atoms with Crippen LogP contribution in [0.3, 0.4) is 0 Å². The largest absolute Gasteiger partial charge is 0.496 e. The fourth-order valence-corrected chi connectivity index (χ4v) is 1.92. The first kappa shape index (κ1) is 12.4. The maximum absolute atomic E-state index is 13.2. The molecule has 0 aliphatic rings. The molecule has 0 aliphatic carbocycles. The number of nitrogens with zero attached hydrogens (tertiary/aromatic N) is 1. The molecule has 0 saturated carbocycles. The number of pyridine rings is 1. The summed E-state index contributed by atoms with van der Waals surface area (Å²) >= 11 is 0. The quantitative estimate of drug-likeness (QED) is 0.905. The van der Waals surface area contributed by atoms with Crippen molar-refractivity contribution in [1.82, 2.24) is 4.98 Å². The van der Waals surface area contributed by atoms with Gasteiger partial charge >= 0.3 is 0 Å². The average Bonchev–Trinajstić information content (AvgIpc) is 2.38. The second-order valence-corrected chi connectivity index (χ2v) is 3.93. The van der Waals surface area contributed by atoms with Crippen molar-refractivity contribution in [2.24, 2.45) is 0 Å². The third-order valence-corrected chi connectivity index (χ3v) is 2.78. The number of halogens is 1. The van der Waals surface area contributed by atoms with E-state index < -0.39 is 0 Å². The normalized spacial score (nSPS) is 10.4. The minimum absolute atomic E-state index is 0.322. The van der Waals surface area contributed by atoms with Crippen molar-refractivity contribution in [1.29, 1.82) is 0 Å². The topological polar surface area (TPSA) is 48.1 Å². The van der Waals surface area contributed by atoms with Crippen LogP contribution in [0, 0.1) is 5.82 Å². The molecule has 0 aliphatic heterocycles. The number of aromatic nitrogens is 1. The molecule has 0 unspecified atom stereocenters. The van der Waals surface area contributed by atoms with Crippen molar-refractivity contribution < 1.29 is 9.13 Å². The van der Waals surface area contributed by atoms with E-state index in [4.69, 9.17) is 10.5 Å². The summed E-state index contributed by atoms with van der Waals surface area (Å²) in [5.74, 6) is 0.657. The van der Waals surface area contributed by atoms with Gasteiger partial charge in [0, 0.05) is 17.2 Å². The second-order valence-electron chi connectivity index (χ2n) is 3.93. The highest BCUT2D eigenvalue weighted by molar-refractivity contribution is 5.73. The predicted molar refractivity (Wildman–Crippen MR) is 70.0 cm³/mol. The molecule has 0 amide bonds. The van der Waals surface area contributed by atoms with Gasteiger partial charge in [-0.25, -0.2) is 9.37 Å². The first-order chi connectivity index (χ1) is 8.65. The maximum atomic E-state index is 13.2. The summed E-state index contributed by atoms with van der Waals surface area (Å²) in [4.78, 5) is 4.29. The number of ether oxygens (including phenoxy) is 1. The molecule has 18 heavy (non-hydrogen) atoms. The lowest BCUT2D eigenvalue weighted by molar-refractivity contribution is 0.413. The SMILES string of the molecule is CCc1nc(N)ccc1-c1ccc(F)cc1OC. The Kier molecular flexibility index (Phi) is 3.46. The second kappa shape index (κ2) is 5.04. The maximum Gasteiger partial charge on any atom is 0.129 e. The Bertz CT molecular complexity index is 518. The molecule has 1 heterocycles. The van der Waals surface area contributed by atoms with Gasteiger partial charge in [-0.05, 0) is 30.7 Å². The van der Waals surface area contributed by atoms with E-state index in [9.17, 15) is 4.39 Å². The minimum atomic E-state index is -0.322. The number of hydrogen-bond donors (Lipinski definition) is 1. The molecule has 2 aromatic rings. The summed E-state index contributed by atoms with van der Waals surface area (Å²) in [5.41, 5.74) is 8.29. The number of methoxy groups -OCH3 is 1. The van der Waals surface area contributed by atoms with Crippen molar-refractivity contribution >= 4 is 5.82 Å². The molecule has 2 N–H and O–H groups in total. The van der Waals surface area contributed by atoms with Crippen LogP contribution in [-0.2, 0) is 6.42 Å². The highest BCUT2D eigenvalue weighted by Gasteiger charge is 2.11. The number of hydrogen-bond acceptors (Lipinski definition) is 3. The molecule has 3 nitrogen and oxygen atoms in total. The van der Waals surface area contributed by atoms with Crippen LogP contribution in [0.1, 0.15) is 12.6 Å².